The minimum atomic E-state index is -3.84. The van der Waals surface area contributed by atoms with E-state index in [1.807, 2.05) is 6.07 Å². The van der Waals surface area contributed by atoms with Gasteiger partial charge in [0.2, 0.25) is 0 Å². The number of amides is 1. The summed E-state index contributed by atoms with van der Waals surface area (Å²) in [6, 6.07) is 9.86. The second kappa shape index (κ2) is 5.92. The van der Waals surface area contributed by atoms with Gasteiger partial charge in [0.05, 0.1) is 11.3 Å². The van der Waals surface area contributed by atoms with Gasteiger partial charge in [-0.3, -0.25) is 9.10 Å². The first kappa shape index (κ1) is 15.9. The number of carbonyl (C=O) groups excluding carboxylic acids is 1. The molecule has 2 heterocycles. The Morgan fingerprint density at radius 1 is 1.33 bits per heavy atom. The summed E-state index contributed by atoms with van der Waals surface area (Å²) < 4.78 is 24.3. The summed E-state index contributed by atoms with van der Waals surface area (Å²) in [4.78, 5) is 16.1. The van der Waals surface area contributed by atoms with Gasteiger partial charge in [0.25, 0.3) is 16.1 Å². The standard InChI is InChI=1S/C15H13N5O3S/c16-8-10-1-4-13(18-9-10)15(21)19-12-3-2-11-5-6-20(14(11)7-12)24(17,22)23/h1-4,7,9H,5-6H2,(H,19,21)(H2,17,22,23). The third-order valence-corrected chi connectivity index (χ3v) is 4.62. The summed E-state index contributed by atoms with van der Waals surface area (Å²) in [7, 11) is -3.84. The monoisotopic (exact) mass is 343 g/mol. The number of hydrogen-bond acceptors (Lipinski definition) is 5. The summed E-state index contributed by atoms with van der Waals surface area (Å²) >= 11 is 0. The van der Waals surface area contributed by atoms with Crippen LogP contribution < -0.4 is 14.8 Å². The minimum Gasteiger partial charge on any atom is -0.321 e. The lowest BCUT2D eigenvalue weighted by Gasteiger charge is -2.16. The van der Waals surface area contributed by atoms with Gasteiger partial charge in [-0.1, -0.05) is 6.07 Å². The summed E-state index contributed by atoms with van der Waals surface area (Å²) in [6.45, 7) is 0.280. The average Bonchev–Trinajstić information content (AvgIpc) is 2.98. The maximum atomic E-state index is 12.2. The molecule has 9 heteroatoms. The Morgan fingerprint density at radius 3 is 2.75 bits per heavy atom. The summed E-state index contributed by atoms with van der Waals surface area (Å²) in [6.07, 6.45) is 1.87. The average molecular weight is 343 g/mol. The largest absolute Gasteiger partial charge is 0.321 e. The first-order chi connectivity index (χ1) is 11.4. The van der Waals surface area contributed by atoms with Crippen molar-refractivity contribution in [3.8, 4) is 6.07 Å². The Labute approximate surface area is 138 Å². The van der Waals surface area contributed by atoms with E-state index < -0.39 is 16.1 Å². The van der Waals surface area contributed by atoms with Crippen LogP contribution in [0.4, 0.5) is 11.4 Å². The normalized spacial score (nSPS) is 13.2. The van der Waals surface area contributed by atoms with Crippen molar-refractivity contribution in [3.05, 3.63) is 53.3 Å². The molecule has 0 aliphatic carbocycles. The first-order valence-corrected chi connectivity index (χ1v) is 8.50. The third kappa shape index (κ3) is 3.05. The van der Waals surface area contributed by atoms with E-state index in [0.717, 1.165) is 9.87 Å². The molecule has 1 aliphatic heterocycles. The highest BCUT2D eigenvalue weighted by atomic mass is 32.2. The lowest BCUT2D eigenvalue weighted by molar-refractivity contribution is 0.102. The zero-order chi connectivity index (χ0) is 17.3. The van der Waals surface area contributed by atoms with Crippen LogP contribution in [-0.4, -0.2) is 25.9 Å². The van der Waals surface area contributed by atoms with E-state index in [4.69, 9.17) is 10.4 Å². The van der Waals surface area contributed by atoms with E-state index in [1.54, 1.807) is 18.2 Å². The van der Waals surface area contributed by atoms with Gasteiger partial charge in [0.1, 0.15) is 11.8 Å². The Balaban J connectivity index is 1.84. The van der Waals surface area contributed by atoms with Crippen LogP contribution in [-0.2, 0) is 16.6 Å². The number of anilines is 2. The maximum absolute atomic E-state index is 12.2. The van der Waals surface area contributed by atoms with Crippen LogP contribution in [0.15, 0.2) is 36.5 Å². The number of carbonyl (C=O) groups is 1. The second-order valence-electron chi connectivity index (χ2n) is 5.21. The van der Waals surface area contributed by atoms with Gasteiger partial charge in [0, 0.05) is 18.4 Å². The van der Waals surface area contributed by atoms with Crippen LogP contribution in [0.1, 0.15) is 21.6 Å². The van der Waals surface area contributed by atoms with Gasteiger partial charge in [-0.2, -0.15) is 13.7 Å². The van der Waals surface area contributed by atoms with Gasteiger partial charge in [-0.15, -0.1) is 0 Å². The maximum Gasteiger partial charge on any atom is 0.299 e. The number of pyridine rings is 1. The SMILES string of the molecule is N#Cc1ccc(C(=O)Nc2ccc3c(c2)N(S(N)(=O)=O)CC3)nc1. The molecule has 3 N–H and O–H groups in total. The molecule has 24 heavy (non-hydrogen) atoms. The molecular weight excluding hydrogens is 330 g/mol. The topological polar surface area (TPSA) is 129 Å². The molecule has 1 amide bonds. The molecule has 0 atom stereocenters. The van der Waals surface area contributed by atoms with Crippen LogP contribution in [0.25, 0.3) is 0 Å². The van der Waals surface area contributed by atoms with E-state index in [9.17, 15) is 13.2 Å². The quantitative estimate of drug-likeness (QED) is 0.850. The molecule has 0 saturated carbocycles. The predicted octanol–water partition coefficient (Wildman–Crippen LogP) is 0.772. The highest BCUT2D eigenvalue weighted by Crippen LogP contribution is 2.32. The number of nitrogens with one attached hydrogen (secondary N) is 1. The van der Waals surface area contributed by atoms with Crippen molar-refractivity contribution in [2.24, 2.45) is 5.14 Å². The molecule has 0 spiro atoms. The van der Waals surface area contributed by atoms with Crippen molar-refractivity contribution in [1.29, 1.82) is 5.26 Å². The Kier molecular flexibility index (Phi) is 3.92. The van der Waals surface area contributed by atoms with Crippen LogP contribution in [0, 0.1) is 11.3 Å². The number of benzene rings is 1. The van der Waals surface area contributed by atoms with Crippen molar-refractivity contribution < 1.29 is 13.2 Å². The van der Waals surface area contributed by atoms with E-state index >= 15 is 0 Å². The van der Waals surface area contributed by atoms with Gasteiger partial charge in [-0.05, 0) is 36.2 Å². The molecule has 0 unspecified atom stereocenters. The smallest absolute Gasteiger partial charge is 0.299 e. The molecule has 3 rings (SSSR count). The Bertz CT molecular complexity index is 948. The van der Waals surface area contributed by atoms with Crippen molar-refractivity contribution in [2.45, 2.75) is 6.42 Å². The van der Waals surface area contributed by atoms with Crippen molar-refractivity contribution >= 4 is 27.5 Å². The lowest BCUT2D eigenvalue weighted by atomic mass is 10.1. The number of hydrogen-bond donors (Lipinski definition) is 2. The van der Waals surface area contributed by atoms with Crippen molar-refractivity contribution in [2.75, 3.05) is 16.2 Å². The number of nitriles is 1. The highest BCUT2D eigenvalue weighted by molar-refractivity contribution is 7.90. The highest BCUT2D eigenvalue weighted by Gasteiger charge is 2.27. The van der Waals surface area contributed by atoms with Gasteiger partial charge < -0.3 is 5.32 Å². The molecule has 2 aromatic rings. The Morgan fingerprint density at radius 2 is 2.12 bits per heavy atom. The first-order valence-electron chi connectivity index (χ1n) is 6.99. The van der Waals surface area contributed by atoms with Gasteiger partial charge in [-0.25, -0.2) is 10.1 Å². The van der Waals surface area contributed by atoms with Crippen LogP contribution in [0.5, 0.6) is 0 Å². The molecular formula is C15H13N5O3S. The fourth-order valence-electron chi connectivity index (χ4n) is 2.48. The Hall–Kier alpha value is -2.96. The molecule has 0 bridgehead atoms. The molecule has 0 radical (unpaired) electrons. The van der Waals surface area contributed by atoms with E-state index in [1.165, 1.54) is 18.3 Å². The molecule has 122 valence electrons. The predicted molar refractivity (Wildman–Crippen MR) is 87.5 cm³/mol. The number of nitrogens with two attached hydrogens (primary N) is 1. The molecule has 1 aromatic carbocycles. The van der Waals surface area contributed by atoms with E-state index in [-0.39, 0.29) is 12.2 Å². The number of nitrogens with zero attached hydrogens (tertiary/aromatic N) is 3. The molecule has 0 saturated heterocycles. The third-order valence-electron chi connectivity index (χ3n) is 3.63. The molecule has 1 aromatic heterocycles. The summed E-state index contributed by atoms with van der Waals surface area (Å²) in [5, 5.41) is 16.6. The van der Waals surface area contributed by atoms with Crippen molar-refractivity contribution in [3.63, 3.8) is 0 Å². The zero-order valence-corrected chi connectivity index (χ0v) is 13.2. The second-order valence-corrected chi connectivity index (χ2v) is 6.68. The summed E-state index contributed by atoms with van der Waals surface area (Å²) in [5.74, 6) is -0.459. The van der Waals surface area contributed by atoms with Crippen molar-refractivity contribution in [1.82, 2.24) is 4.98 Å². The summed E-state index contributed by atoms with van der Waals surface area (Å²) in [5.41, 5.74) is 2.24. The molecule has 8 nitrogen and oxygen atoms in total. The van der Waals surface area contributed by atoms with Crippen LogP contribution in [0.3, 0.4) is 0 Å². The fraction of sp³-hybridized carbons (Fsp3) is 0.133. The van der Waals surface area contributed by atoms with Gasteiger partial charge >= 0.3 is 0 Å². The van der Waals surface area contributed by atoms with Gasteiger partial charge in [0.15, 0.2) is 0 Å². The van der Waals surface area contributed by atoms with E-state index in [2.05, 4.69) is 10.3 Å². The van der Waals surface area contributed by atoms with E-state index in [0.29, 0.717) is 23.4 Å². The molecule has 1 aliphatic rings. The fourth-order valence-corrected chi connectivity index (χ4v) is 3.27. The number of rotatable bonds is 3. The molecule has 0 fully saturated rings. The lowest BCUT2D eigenvalue weighted by Crippen LogP contribution is -2.35. The van der Waals surface area contributed by atoms with Crippen LogP contribution >= 0.6 is 0 Å². The number of fused-ring (bicyclic) bond motifs is 1. The van der Waals surface area contributed by atoms with Crippen LogP contribution in [0.2, 0.25) is 0 Å². The zero-order valence-electron chi connectivity index (χ0n) is 12.4. The minimum absolute atomic E-state index is 0.151. The number of aromatic nitrogens is 1.